The van der Waals surface area contributed by atoms with Crippen molar-refractivity contribution in [2.24, 2.45) is 0 Å². The predicted molar refractivity (Wildman–Crippen MR) is 44.2 cm³/mol. The van der Waals surface area contributed by atoms with Crippen molar-refractivity contribution in [3.05, 3.63) is 0 Å². The number of hydrogen-bond donors (Lipinski definition) is 2. The smallest absolute Gasteiger partial charge is 0.186 e. The standard InChI is InChI=1S/C8H16O5/c1-4-5(9)7(11-2)6(10)8(12-3)13-4/h4-10H,1-3H3/t4-,5-,6-,7+,8+/m1/s1. The summed E-state index contributed by atoms with van der Waals surface area (Å²) in [5, 5.41) is 19.1. The second kappa shape index (κ2) is 4.34. The maximum atomic E-state index is 9.58. The van der Waals surface area contributed by atoms with Crippen molar-refractivity contribution in [1.29, 1.82) is 0 Å². The maximum Gasteiger partial charge on any atom is 0.186 e. The van der Waals surface area contributed by atoms with E-state index in [1.54, 1.807) is 6.92 Å². The van der Waals surface area contributed by atoms with Gasteiger partial charge in [-0.05, 0) is 6.92 Å². The Morgan fingerprint density at radius 1 is 1.08 bits per heavy atom. The third kappa shape index (κ3) is 2.00. The second-order valence-electron chi connectivity index (χ2n) is 3.13. The first-order chi connectivity index (χ1) is 6.11. The molecular weight excluding hydrogens is 176 g/mol. The predicted octanol–water partition coefficient (Wildman–Crippen LogP) is -0.886. The fraction of sp³-hybridized carbons (Fsp3) is 1.00. The lowest BCUT2D eigenvalue weighted by Crippen LogP contribution is -2.57. The fourth-order valence-corrected chi connectivity index (χ4v) is 1.47. The van der Waals surface area contributed by atoms with Crippen LogP contribution < -0.4 is 0 Å². The highest BCUT2D eigenvalue weighted by molar-refractivity contribution is 4.88. The van der Waals surface area contributed by atoms with Crippen molar-refractivity contribution in [3.8, 4) is 0 Å². The van der Waals surface area contributed by atoms with E-state index in [0.717, 1.165) is 0 Å². The third-order valence-corrected chi connectivity index (χ3v) is 2.29. The van der Waals surface area contributed by atoms with Gasteiger partial charge in [0.2, 0.25) is 0 Å². The second-order valence-corrected chi connectivity index (χ2v) is 3.13. The number of aliphatic hydroxyl groups is 2. The van der Waals surface area contributed by atoms with Gasteiger partial charge in [0.25, 0.3) is 0 Å². The molecule has 0 spiro atoms. The molecule has 78 valence electrons. The topological polar surface area (TPSA) is 68.2 Å². The molecule has 0 aromatic carbocycles. The Morgan fingerprint density at radius 3 is 2.15 bits per heavy atom. The number of ether oxygens (including phenoxy) is 3. The van der Waals surface area contributed by atoms with Gasteiger partial charge in [0, 0.05) is 14.2 Å². The maximum absolute atomic E-state index is 9.58. The first-order valence-corrected chi connectivity index (χ1v) is 4.19. The molecule has 1 rings (SSSR count). The number of hydrogen-bond acceptors (Lipinski definition) is 5. The Morgan fingerprint density at radius 2 is 1.69 bits per heavy atom. The van der Waals surface area contributed by atoms with Crippen molar-refractivity contribution >= 4 is 0 Å². The van der Waals surface area contributed by atoms with Crippen LogP contribution in [0.1, 0.15) is 6.92 Å². The van der Waals surface area contributed by atoms with E-state index >= 15 is 0 Å². The highest BCUT2D eigenvalue weighted by atomic mass is 16.7. The first kappa shape index (κ1) is 10.9. The Balaban J connectivity index is 2.69. The number of rotatable bonds is 2. The van der Waals surface area contributed by atoms with Gasteiger partial charge < -0.3 is 24.4 Å². The summed E-state index contributed by atoms with van der Waals surface area (Å²) < 4.78 is 15.0. The summed E-state index contributed by atoms with van der Waals surface area (Å²) in [7, 11) is 2.87. The molecule has 5 atom stereocenters. The van der Waals surface area contributed by atoms with Crippen LogP contribution in [0.4, 0.5) is 0 Å². The van der Waals surface area contributed by atoms with E-state index in [1.165, 1.54) is 14.2 Å². The minimum atomic E-state index is -0.957. The largest absolute Gasteiger partial charge is 0.388 e. The average Bonchev–Trinajstić information content (AvgIpc) is 2.12. The Hall–Kier alpha value is -0.200. The van der Waals surface area contributed by atoms with Gasteiger partial charge >= 0.3 is 0 Å². The molecule has 13 heavy (non-hydrogen) atoms. The van der Waals surface area contributed by atoms with Gasteiger partial charge in [-0.15, -0.1) is 0 Å². The molecule has 1 aliphatic rings. The molecule has 0 bridgehead atoms. The van der Waals surface area contributed by atoms with Crippen molar-refractivity contribution in [2.75, 3.05) is 14.2 Å². The molecule has 1 aliphatic heterocycles. The van der Waals surface area contributed by atoms with Crippen LogP contribution in [-0.2, 0) is 14.2 Å². The van der Waals surface area contributed by atoms with Crippen LogP contribution in [0.3, 0.4) is 0 Å². The van der Waals surface area contributed by atoms with E-state index in [9.17, 15) is 10.2 Å². The van der Waals surface area contributed by atoms with Gasteiger partial charge in [0.1, 0.15) is 18.3 Å². The zero-order chi connectivity index (χ0) is 10.0. The summed E-state index contributed by atoms with van der Waals surface area (Å²) in [5.41, 5.74) is 0. The zero-order valence-corrected chi connectivity index (χ0v) is 8.01. The molecular formula is C8H16O5. The van der Waals surface area contributed by atoms with Crippen molar-refractivity contribution < 1.29 is 24.4 Å². The molecule has 2 N–H and O–H groups in total. The molecule has 1 saturated heterocycles. The Kier molecular flexibility index (Phi) is 3.63. The van der Waals surface area contributed by atoms with Crippen molar-refractivity contribution in [2.45, 2.75) is 37.6 Å². The van der Waals surface area contributed by atoms with E-state index in [0.29, 0.717) is 0 Å². The normalized spacial score (nSPS) is 46.4. The fourth-order valence-electron chi connectivity index (χ4n) is 1.47. The third-order valence-electron chi connectivity index (χ3n) is 2.29. The lowest BCUT2D eigenvalue weighted by atomic mass is 10.00. The average molecular weight is 192 g/mol. The molecule has 0 saturated carbocycles. The molecule has 0 radical (unpaired) electrons. The summed E-state index contributed by atoms with van der Waals surface area (Å²) >= 11 is 0. The summed E-state index contributed by atoms with van der Waals surface area (Å²) in [6.45, 7) is 1.70. The van der Waals surface area contributed by atoms with E-state index in [2.05, 4.69) is 0 Å². The molecule has 0 aromatic rings. The van der Waals surface area contributed by atoms with E-state index in [4.69, 9.17) is 14.2 Å². The van der Waals surface area contributed by atoms with Crippen LogP contribution in [0.5, 0.6) is 0 Å². The van der Waals surface area contributed by atoms with Crippen LogP contribution in [0.25, 0.3) is 0 Å². The van der Waals surface area contributed by atoms with Crippen LogP contribution in [0, 0.1) is 0 Å². The van der Waals surface area contributed by atoms with Crippen LogP contribution in [0.15, 0.2) is 0 Å². The van der Waals surface area contributed by atoms with Gasteiger partial charge in [0.05, 0.1) is 6.10 Å². The summed E-state index contributed by atoms with van der Waals surface area (Å²) in [5.74, 6) is 0. The first-order valence-electron chi connectivity index (χ1n) is 4.19. The molecule has 1 fully saturated rings. The van der Waals surface area contributed by atoms with Crippen LogP contribution >= 0.6 is 0 Å². The molecule has 0 aromatic heterocycles. The van der Waals surface area contributed by atoms with Gasteiger partial charge in [-0.2, -0.15) is 0 Å². The molecule has 0 unspecified atom stereocenters. The van der Waals surface area contributed by atoms with E-state index < -0.39 is 30.7 Å². The van der Waals surface area contributed by atoms with Gasteiger partial charge in [-0.3, -0.25) is 0 Å². The monoisotopic (exact) mass is 192 g/mol. The molecule has 5 heteroatoms. The summed E-state index contributed by atoms with van der Waals surface area (Å²) in [4.78, 5) is 0. The number of aliphatic hydroxyl groups excluding tert-OH is 2. The van der Waals surface area contributed by atoms with Crippen molar-refractivity contribution in [3.63, 3.8) is 0 Å². The molecule has 5 nitrogen and oxygen atoms in total. The van der Waals surface area contributed by atoms with Crippen LogP contribution in [-0.4, -0.2) is 55.1 Å². The van der Waals surface area contributed by atoms with E-state index in [-0.39, 0.29) is 0 Å². The molecule has 0 amide bonds. The van der Waals surface area contributed by atoms with Gasteiger partial charge in [-0.25, -0.2) is 0 Å². The summed E-state index contributed by atoms with van der Waals surface area (Å²) in [6, 6.07) is 0. The quantitative estimate of drug-likeness (QED) is 0.594. The van der Waals surface area contributed by atoms with Gasteiger partial charge in [-0.1, -0.05) is 0 Å². The molecule has 1 heterocycles. The lowest BCUT2D eigenvalue weighted by Gasteiger charge is -2.40. The Bertz CT molecular complexity index is 163. The lowest BCUT2D eigenvalue weighted by molar-refractivity contribution is -0.290. The van der Waals surface area contributed by atoms with Crippen molar-refractivity contribution in [1.82, 2.24) is 0 Å². The SMILES string of the molecule is CO[C@H]1O[C@H](C)[C@@H](O)[C@H](OC)[C@H]1O. The Labute approximate surface area is 77.2 Å². The zero-order valence-electron chi connectivity index (χ0n) is 8.01. The van der Waals surface area contributed by atoms with Gasteiger partial charge in [0.15, 0.2) is 6.29 Å². The molecule has 0 aliphatic carbocycles. The number of methoxy groups -OCH3 is 2. The van der Waals surface area contributed by atoms with Crippen LogP contribution in [0.2, 0.25) is 0 Å². The van der Waals surface area contributed by atoms with E-state index in [1.807, 2.05) is 0 Å². The minimum Gasteiger partial charge on any atom is -0.388 e. The highest BCUT2D eigenvalue weighted by Gasteiger charge is 2.43. The highest BCUT2D eigenvalue weighted by Crippen LogP contribution is 2.22. The summed E-state index contributed by atoms with van der Waals surface area (Å²) in [6.07, 6.45) is -3.58. The minimum absolute atomic E-state index is 0.404.